The van der Waals surface area contributed by atoms with Gasteiger partial charge < -0.3 is 0 Å². The molecular formula is C15H17N3S. The summed E-state index contributed by atoms with van der Waals surface area (Å²) in [5, 5.41) is 18.2. The second-order valence-electron chi connectivity index (χ2n) is 4.90. The van der Waals surface area contributed by atoms with E-state index in [0.717, 1.165) is 32.5 Å². The van der Waals surface area contributed by atoms with Crippen LogP contribution in [0.25, 0.3) is 0 Å². The van der Waals surface area contributed by atoms with Crippen LogP contribution in [0.5, 0.6) is 0 Å². The Morgan fingerprint density at radius 2 is 2.05 bits per heavy atom. The second-order valence-corrected chi connectivity index (χ2v) is 6.09. The molecule has 1 fully saturated rings. The van der Waals surface area contributed by atoms with Crippen molar-refractivity contribution in [1.29, 1.82) is 10.5 Å². The Balaban J connectivity index is 1.96. The summed E-state index contributed by atoms with van der Waals surface area (Å²) in [5.41, 5.74) is 1.89. The van der Waals surface area contributed by atoms with Crippen molar-refractivity contribution in [1.82, 2.24) is 4.90 Å². The number of hydrogen-bond acceptors (Lipinski definition) is 4. The highest BCUT2D eigenvalue weighted by molar-refractivity contribution is 8.00. The summed E-state index contributed by atoms with van der Waals surface area (Å²) in [7, 11) is 0. The standard InChI is InChI=1S/C15H17N3S/c1-19-15(12-17)5-7-18(8-6-15)11-14-4-2-3-13(9-14)10-16/h2-4,9H,5-8,11H2,1H3. The van der Waals surface area contributed by atoms with Crippen molar-refractivity contribution in [2.75, 3.05) is 19.3 Å². The van der Waals surface area contributed by atoms with Gasteiger partial charge in [0, 0.05) is 19.6 Å². The predicted molar refractivity (Wildman–Crippen MR) is 77.5 cm³/mol. The van der Waals surface area contributed by atoms with Gasteiger partial charge in [-0.05, 0) is 36.8 Å². The van der Waals surface area contributed by atoms with Crippen LogP contribution in [-0.2, 0) is 6.54 Å². The molecule has 0 spiro atoms. The lowest BCUT2D eigenvalue weighted by Crippen LogP contribution is -2.41. The van der Waals surface area contributed by atoms with Gasteiger partial charge in [-0.25, -0.2) is 0 Å². The second kappa shape index (κ2) is 6.10. The molecule has 0 radical (unpaired) electrons. The lowest BCUT2D eigenvalue weighted by atomic mass is 9.97. The minimum Gasteiger partial charge on any atom is -0.299 e. The Kier molecular flexibility index (Phi) is 4.47. The van der Waals surface area contributed by atoms with E-state index in [1.807, 2.05) is 24.5 Å². The molecular weight excluding hydrogens is 254 g/mol. The minimum atomic E-state index is -0.189. The number of rotatable bonds is 3. The van der Waals surface area contributed by atoms with Crippen LogP contribution < -0.4 is 0 Å². The van der Waals surface area contributed by atoms with Crippen LogP contribution in [0.15, 0.2) is 24.3 Å². The van der Waals surface area contributed by atoms with Crippen LogP contribution in [0, 0.1) is 22.7 Å². The third-order valence-corrected chi connectivity index (χ3v) is 5.00. The third kappa shape index (κ3) is 3.29. The number of nitrogens with zero attached hydrogens (tertiary/aromatic N) is 3. The van der Waals surface area contributed by atoms with Gasteiger partial charge in [0.05, 0.1) is 17.7 Å². The van der Waals surface area contributed by atoms with Crippen LogP contribution in [0.4, 0.5) is 0 Å². The molecule has 0 unspecified atom stereocenters. The average molecular weight is 271 g/mol. The third-order valence-electron chi connectivity index (χ3n) is 3.72. The van der Waals surface area contributed by atoms with Gasteiger partial charge in [-0.2, -0.15) is 10.5 Å². The summed E-state index contributed by atoms with van der Waals surface area (Å²) in [6.07, 6.45) is 3.86. The van der Waals surface area contributed by atoms with Gasteiger partial charge in [0.2, 0.25) is 0 Å². The van der Waals surface area contributed by atoms with Crippen LogP contribution in [0.2, 0.25) is 0 Å². The monoisotopic (exact) mass is 271 g/mol. The average Bonchev–Trinajstić information content (AvgIpc) is 2.48. The molecule has 98 valence electrons. The molecule has 0 amide bonds. The molecule has 1 aromatic rings. The zero-order valence-corrected chi connectivity index (χ0v) is 11.9. The first-order valence-corrected chi connectivity index (χ1v) is 7.62. The van der Waals surface area contributed by atoms with Gasteiger partial charge in [0.1, 0.15) is 4.75 Å². The van der Waals surface area contributed by atoms with E-state index in [2.05, 4.69) is 23.1 Å². The molecule has 2 rings (SSSR count). The number of benzene rings is 1. The lowest BCUT2D eigenvalue weighted by molar-refractivity contribution is 0.209. The molecule has 3 nitrogen and oxygen atoms in total. The summed E-state index contributed by atoms with van der Waals surface area (Å²) < 4.78 is -0.189. The fourth-order valence-electron chi connectivity index (χ4n) is 2.43. The zero-order valence-electron chi connectivity index (χ0n) is 11.1. The highest BCUT2D eigenvalue weighted by Gasteiger charge is 2.33. The van der Waals surface area contributed by atoms with E-state index in [4.69, 9.17) is 5.26 Å². The summed E-state index contributed by atoms with van der Waals surface area (Å²) >= 11 is 1.68. The summed E-state index contributed by atoms with van der Waals surface area (Å²) in [6.45, 7) is 2.77. The van der Waals surface area contributed by atoms with E-state index in [-0.39, 0.29) is 4.75 Å². The normalized spacial score (nSPS) is 18.5. The lowest BCUT2D eigenvalue weighted by Gasteiger charge is -2.36. The van der Waals surface area contributed by atoms with Crippen LogP contribution in [0.1, 0.15) is 24.0 Å². The van der Waals surface area contributed by atoms with Gasteiger partial charge in [-0.1, -0.05) is 12.1 Å². The van der Waals surface area contributed by atoms with E-state index < -0.39 is 0 Å². The molecule has 4 heteroatoms. The first kappa shape index (κ1) is 13.9. The highest BCUT2D eigenvalue weighted by Crippen LogP contribution is 2.34. The summed E-state index contributed by atoms with van der Waals surface area (Å²) in [4.78, 5) is 2.36. The van der Waals surface area contributed by atoms with Crippen molar-refractivity contribution >= 4 is 11.8 Å². The van der Waals surface area contributed by atoms with Crippen molar-refractivity contribution in [3.63, 3.8) is 0 Å². The molecule has 0 bridgehead atoms. The Morgan fingerprint density at radius 1 is 1.32 bits per heavy atom. The smallest absolute Gasteiger partial charge is 0.104 e. The van der Waals surface area contributed by atoms with E-state index >= 15 is 0 Å². The fraction of sp³-hybridized carbons (Fsp3) is 0.467. The Bertz CT molecular complexity index is 519. The minimum absolute atomic E-state index is 0.189. The fourth-order valence-corrected chi connectivity index (χ4v) is 3.11. The topological polar surface area (TPSA) is 50.8 Å². The molecule has 1 heterocycles. The van der Waals surface area contributed by atoms with Gasteiger partial charge in [-0.15, -0.1) is 11.8 Å². The van der Waals surface area contributed by atoms with Crippen LogP contribution in [0.3, 0.4) is 0 Å². The van der Waals surface area contributed by atoms with Crippen molar-refractivity contribution in [2.24, 2.45) is 0 Å². The van der Waals surface area contributed by atoms with Gasteiger partial charge in [0.15, 0.2) is 0 Å². The maximum atomic E-state index is 9.26. The number of thioether (sulfide) groups is 1. The first-order valence-electron chi connectivity index (χ1n) is 6.39. The first-order chi connectivity index (χ1) is 9.21. The van der Waals surface area contributed by atoms with Gasteiger partial charge in [0.25, 0.3) is 0 Å². The number of hydrogen-bond donors (Lipinski definition) is 0. The van der Waals surface area contributed by atoms with Crippen LogP contribution >= 0.6 is 11.8 Å². The molecule has 0 N–H and O–H groups in total. The Hall–Kier alpha value is -1.49. The predicted octanol–water partition coefficient (Wildman–Crippen LogP) is 2.78. The molecule has 1 aromatic carbocycles. The SMILES string of the molecule is CSC1(C#N)CCN(Cc2cccc(C#N)c2)CC1. The van der Waals surface area contributed by atoms with Gasteiger partial charge in [-0.3, -0.25) is 4.90 Å². The maximum Gasteiger partial charge on any atom is 0.104 e. The van der Waals surface area contributed by atoms with E-state index in [1.54, 1.807) is 11.8 Å². The van der Waals surface area contributed by atoms with E-state index in [9.17, 15) is 5.26 Å². The van der Waals surface area contributed by atoms with Crippen molar-refractivity contribution < 1.29 is 0 Å². The number of likely N-dealkylation sites (tertiary alicyclic amines) is 1. The molecule has 0 saturated carbocycles. The quantitative estimate of drug-likeness (QED) is 0.848. The maximum absolute atomic E-state index is 9.26. The van der Waals surface area contributed by atoms with Crippen molar-refractivity contribution in [3.05, 3.63) is 35.4 Å². The molecule has 0 aliphatic carbocycles. The molecule has 1 aliphatic heterocycles. The number of piperidine rings is 1. The molecule has 0 aromatic heterocycles. The summed E-state index contributed by atoms with van der Waals surface area (Å²) in [5.74, 6) is 0. The largest absolute Gasteiger partial charge is 0.299 e. The molecule has 1 aliphatic rings. The van der Waals surface area contributed by atoms with Gasteiger partial charge >= 0.3 is 0 Å². The zero-order chi connectivity index (χ0) is 13.7. The van der Waals surface area contributed by atoms with E-state index in [0.29, 0.717) is 5.56 Å². The Morgan fingerprint density at radius 3 is 2.63 bits per heavy atom. The van der Waals surface area contributed by atoms with Crippen LogP contribution in [-0.4, -0.2) is 29.0 Å². The van der Waals surface area contributed by atoms with E-state index in [1.165, 1.54) is 5.56 Å². The van der Waals surface area contributed by atoms with Crippen molar-refractivity contribution in [2.45, 2.75) is 24.1 Å². The molecule has 19 heavy (non-hydrogen) atoms. The Labute approximate surface area is 118 Å². The highest BCUT2D eigenvalue weighted by atomic mass is 32.2. The number of nitriles is 2. The van der Waals surface area contributed by atoms with Crippen molar-refractivity contribution in [3.8, 4) is 12.1 Å². The summed E-state index contributed by atoms with van der Waals surface area (Å²) in [6, 6.07) is 12.4. The molecule has 1 saturated heterocycles. The molecule has 0 atom stereocenters.